The molecule has 1 aromatic heterocycles. The maximum atomic E-state index is 12.7. The first-order valence-corrected chi connectivity index (χ1v) is 7.90. The van der Waals surface area contributed by atoms with E-state index in [0.29, 0.717) is 17.9 Å². The van der Waals surface area contributed by atoms with E-state index in [4.69, 9.17) is 11.6 Å². The van der Waals surface area contributed by atoms with E-state index in [2.05, 4.69) is 11.9 Å². The van der Waals surface area contributed by atoms with Crippen molar-refractivity contribution < 1.29 is 13.2 Å². The summed E-state index contributed by atoms with van der Waals surface area (Å²) in [6.07, 6.45) is 1.40. The van der Waals surface area contributed by atoms with Crippen LogP contribution in [0.15, 0.2) is 12.3 Å². The lowest BCUT2D eigenvalue weighted by Gasteiger charge is -2.30. The Labute approximate surface area is 127 Å². The van der Waals surface area contributed by atoms with E-state index in [-0.39, 0.29) is 24.2 Å². The Balaban J connectivity index is 1.76. The Kier molecular flexibility index (Phi) is 3.71. The number of pyridine rings is 1. The molecule has 1 heterocycles. The lowest BCUT2D eigenvalue weighted by molar-refractivity contribution is -0.182. The zero-order valence-corrected chi connectivity index (χ0v) is 12.8. The van der Waals surface area contributed by atoms with Crippen LogP contribution in [0.25, 0.3) is 0 Å². The van der Waals surface area contributed by atoms with E-state index in [0.717, 1.165) is 24.1 Å². The van der Waals surface area contributed by atoms with Gasteiger partial charge in [0, 0.05) is 17.3 Å². The van der Waals surface area contributed by atoms with Gasteiger partial charge in [0.2, 0.25) is 0 Å². The summed E-state index contributed by atoms with van der Waals surface area (Å²) in [7, 11) is 0. The molecule has 21 heavy (non-hydrogen) atoms. The molecule has 2 saturated carbocycles. The van der Waals surface area contributed by atoms with Gasteiger partial charge in [-0.2, -0.15) is 13.2 Å². The number of aromatic nitrogens is 1. The summed E-state index contributed by atoms with van der Waals surface area (Å²) in [6.45, 7) is 2.17. The normalized spacial score (nSPS) is 28.4. The van der Waals surface area contributed by atoms with Crippen LogP contribution in [0.4, 0.5) is 13.2 Å². The van der Waals surface area contributed by atoms with Gasteiger partial charge >= 0.3 is 6.18 Å². The van der Waals surface area contributed by atoms with E-state index in [1.807, 2.05) is 6.07 Å². The first kappa shape index (κ1) is 15.1. The number of rotatable bonds is 2. The second kappa shape index (κ2) is 5.15. The molecule has 0 bridgehead atoms. The molecule has 1 aromatic rings. The van der Waals surface area contributed by atoms with Crippen LogP contribution in [-0.2, 0) is 5.41 Å². The molecule has 2 fully saturated rings. The lowest BCUT2D eigenvalue weighted by atomic mass is 9.78. The van der Waals surface area contributed by atoms with Crippen LogP contribution >= 0.6 is 11.6 Å². The van der Waals surface area contributed by atoms with Gasteiger partial charge in [0.15, 0.2) is 0 Å². The Hall–Kier alpha value is -0.770. The minimum Gasteiger partial charge on any atom is -0.259 e. The zero-order valence-electron chi connectivity index (χ0n) is 12.0. The van der Waals surface area contributed by atoms with Crippen molar-refractivity contribution in [1.29, 1.82) is 0 Å². The average molecular weight is 318 g/mol. The molecule has 0 aliphatic heterocycles. The van der Waals surface area contributed by atoms with Crippen molar-refractivity contribution in [3.8, 4) is 0 Å². The monoisotopic (exact) mass is 317 g/mol. The molecule has 0 unspecified atom stereocenters. The summed E-state index contributed by atoms with van der Waals surface area (Å²) in [5, 5.41) is 0.596. The SMILES string of the molecule is CC1(c2cc(C3CCC(C(F)(F)F)CC3)c(Cl)cn2)CC1. The average Bonchev–Trinajstić information content (AvgIpc) is 3.17. The standard InChI is InChI=1S/C16H19ClF3N/c1-15(6-7-15)14-8-12(13(17)9-21-14)10-2-4-11(5-3-10)16(18,19)20/h8-11H,2-7H2,1H3. The first-order valence-electron chi connectivity index (χ1n) is 7.52. The highest BCUT2D eigenvalue weighted by atomic mass is 35.5. The summed E-state index contributed by atoms with van der Waals surface area (Å²) < 4.78 is 38.2. The molecule has 0 spiro atoms. The van der Waals surface area contributed by atoms with Crippen molar-refractivity contribution in [1.82, 2.24) is 4.98 Å². The summed E-state index contributed by atoms with van der Waals surface area (Å²) in [6, 6.07) is 2.04. The van der Waals surface area contributed by atoms with Crippen LogP contribution in [0, 0.1) is 5.92 Å². The molecule has 5 heteroatoms. The predicted octanol–water partition coefficient (Wildman–Crippen LogP) is 5.62. The van der Waals surface area contributed by atoms with Gasteiger partial charge in [-0.05, 0) is 56.1 Å². The van der Waals surface area contributed by atoms with Crippen LogP contribution in [-0.4, -0.2) is 11.2 Å². The Bertz CT molecular complexity index is 529. The van der Waals surface area contributed by atoms with Gasteiger partial charge in [0.1, 0.15) is 0 Å². The maximum Gasteiger partial charge on any atom is 0.391 e. The Morgan fingerprint density at radius 2 is 1.81 bits per heavy atom. The number of halogens is 4. The summed E-state index contributed by atoms with van der Waals surface area (Å²) in [4.78, 5) is 4.41. The van der Waals surface area contributed by atoms with Crippen LogP contribution < -0.4 is 0 Å². The van der Waals surface area contributed by atoms with Crippen LogP contribution in [0.1, 0.15) is 62.6 Å². The smallest absolute Gasteiger partial charge is 0.259 e. The van der Waals surface area contributed by atoms with Gasteiger partial charge in [-0.3, -0.25) is 4.98 Å². The quantitative estimate of drug-likeness (QED) is 0.689. The summed E-state index contributed by atoms with van der Waals surface area (Å²) in [5.74, 6) is -1.00. The fourth-order valence-electron chi connectivity index (χ4n) is 3.27. The van der Waals surface area contributed by atoms with Gasteiger partial charge in [-0.25, -0.2) is 0 Å². The minimum absolute atomic E-state index is 0.139. The Morgan fingerprint density at radius 3 is 2.33 bits per heavy atom. The molecule has 0 atom stereocenters. The van der Waals surface area contributed by atoms with Crippen molar-refractivity contribution >= 4 is 11.6 Å². The van der Waals surface area contributed by atoms with E-state index in [9.17, 15) is 13.2 Å². The second-order valence-corrected chi connectivity index (χ2v) is 7.15. The topological polar surface area (TPSA) is 12.9 Å². The highest BCUT2D eigenvalue weighted by Crippen LogP contribution is 2.49. The number of hydrogen-bond acceptors (Lipinski definition) is 1. The molecule has 0 radical (unpaired) electrons. The summed E-state index contributed by atoms with van der Waals surface area (Å²) >= 11 is 6.24. The van der Waals surface area contributed by atoms with Crippen LogP contribution in [0.5, 0.6) is 0 Å². The highest BCUT2D eigenvalue weighted by molar-refractivity contribution is 6.31. The largest absolute Gasteiger partial charge is 0.391 e. The first-order chi connectivity index (χ1) is 9.79. The maximum absolute atomic E-state index is 12.7. The fourth-order valence-corrected chi connectivity index (χ4v) is 3.53. The molecule has 2 aliphatic carbocycles. The van der Waals surface area contributed by atoms with Crippen molar-refractivity contribution in [2.45, 2.75) is 63.0 Å². The van der Waals surface area contributed by atoms with Crippen molar-refractivity contribution in [3.05, 3.63) is 28.5 Å². The third-order valence-electron chi connectivity index (χ3n) is 5.13. The molecule has 0 saturated heterocycles. The van der Waals surface area contributed by atoms with Crippen LogP contribution in [0.2, 0.25) is 5.02 Å². The van der Waals surface area contributed by atoms with Gasteiger partial charge in [-0.15, -0.1) is 0 Å². The van der Waals surface area contributed by atoms with Gasteiger partial charge in [-0.1, -0.05) is 18.5 Å². The van der Waals surface area contributed by atoms with E-state index >= 15 is 0 Å². The van der Waals surface area contributed by atoms with E-state index < -0.39 is 12.1 Å². The molecular formula is C16H19ClF3N. The van der Waals surface area contributed by atoms with Gasteiger partial charge < -0.3 is 0 Å². The number of alkyl halides is 3. The molecule has 0 amide bonds. The van der Waals surface area contributed by atoms with E-state index in [1.54, 1.807) is 6.20 Å². The predicted molar refractivity (Wildman–Crippen MR) is 76.6 cm³/mol. The second-order valence-electron chi connectivity index (χ2n) is 6.74. The zero-order chi connectivity index (χ0) is 15.3. The van der Waals surface area contributed by atoms with Gasteiger partial charge in [0.05, 0.1) is 10.9 Å². The third-order valence-corrected chi connectivity index (χ3v) is 5.45. The van der Waals surface area contributed by atoms with Crippen molar-refractivity contribution in [3.63, 3.8) is 0 Å². The molecule has 2 aliphatic rings. The van der Waals surface area contributed by atoms with Crippen LogP contribution in [0.3, 0.4) is 0 Å². The van der Waals surface area contributed by atoms with E-state index in [1.165, 1.54) is 0 Å². The Morgan fingerprint density at radius 1 is 1.19 bits per heavy atom. The number of nitrogens with zero attached hydrogens (tertiary/aromatic N) is 1. The summed E-state index contributed by atoms with van der Waals surface area (Å²) in [5.41, 5.74) is 2.19. The number of hydrogen-bond donors (Lipinski definition) is 0. The lowest BCUT2D eigenvalue weighted by Crippen LogP contribution is -2.27. The molecule has 0 aromatic carbocycles. The van der Waals surface area contributed by atoms with Crippen molar-refractivity contribution in [2.75, 3.05) is 0 Å². The molecule has 116 valence electrons. The fraction of sp³-hybridized carbons (Fsp3) is 0.688. The van der Waals surface area contributed by atoms with Crippen molar-refractivity contribution in [2.24, 2.45) is 5.92 Å². The highest BCUT2D eigenvalue weighted by Gasteiger charge is 2.43. The molecule has 0 N–H and O–H groups in total. The molecular weight excluding hydrogens is 299 g/mol. The molecule has 1 nitrogen and oxygen atoms in total. The molecule has 3 rings (SSSR count). The minimum atomic E-state index is -4.06. The third kappa shape index (κ3) is 3.05. The van der Waals surface area contributed by atoms with Gasteiger partial charge in [0.25, 0.3) is 0 Å².